The van der Waals surface area contributed by atoms with E-state index >= 15 is 0 Å². The van der Waals surface area contributed by atoms with Crippen LogP contribution in [0.5, 0.6) is 0 Å². The van der Waals surface area contributed by atoms with Crippen molar-refractivity contribution in [1.29, 1.82) is 0 Å². The second-order valence-electron chi connectivity index (χ2n) is 5.04. The first kappa shape index (κ1) is 10.4. The SMILES string of the molecule is COC1CCC(NC2CCC2C)CC1. The van der Waals surface area contributed by atoms with Crippen LogP contribution in [0.2, 0.25) is 0 Å². The van der Waals surface area contributed by atoms with E-state index in [1.807, 2.05) is 7.11 Å². The van der Waals surface area contributed by atoms with Gasteiger partial charge in [-0.25, -0.2) is 0 Å². The molecule has 1 N–H and O–H groups in total. The van der Waals surface area contributed by atoms with Crippen LogP contribution in [0, 0.1) is 5.92 Å². The van der Waals surface area contributed by atoms with Crippen molar-refractivity contribution in [2.24, 2.45) is 5.92 Å². The van der Waals surface area contributed by atoms with Crippen molar-refractivity contribution in [2.45, 2.75) is 63.6 Å². The van der Waals surface area contributed by atoms with Crippen molar-refractivity contribution in [3.05, 3.63) is 0 Å². The molecule has 14 heavy (non-hydrogen) atoms. The minimum atomic E-state index is 0.534. The van der Waals surface area contributed by atoms with E-state index in [0.29, 0.717) is 6.10 Å². The van der Waals surface area contributed by atoms with Gasteiger partial charge in [0.2, 0.25) is 0 Å². The average Bonchev–Trinajstić information content (AvgIpc) is 2.24. The normalized spacial score (nSPS) is 43.3. The Balaban J connectivity index is 1.68. The molecule has 0 aliphatic heterocycles. The first-order valence-electron chi connectivity index (χ1n) is 6.08. The highest BCUT2D eigenvalue weighted by molar-refractivity contribution is 4.88. The van der Waals surface area contributed by atoms with E-state index in [9.17, 15) is 0 Å². The van der Waals surface area contributed by atoms with Crippen LogP contribution in [-0.2, 0) is 4.74 Å². The van der Waals surface area contributed by atoms with Crippen molar-refractivity contribution >= 4 is 0 Å². The van der Waals surface area contributed by atoms with Crippen LogP contribution in [0.3, 0.4) is 0 Å². The Hall–Kier alpha value is -0.0800. The van der Waals surface area contributed by atoms with Gasteiger partial charge in [-0.15, -0.1) is 0 Å². The van der Waals surface area contributed by atoms with Gasteiger partial charge < -0.3 is 10.1 Å². The van der Waals surface area contributed by atoms with Gasteiger partial charge in [0.05, 0.1) is 6.10 Å². The zero-order valence-electron chi connectivity index (χ0n) is 9.46. The Morgan fingerprint density at radius 3 is 2.14 bits per heavy atom. The van der Waals surface area contributed by atoms with Crippen molar-refractivity contribution < 1.29 is 4.74 Å². The maximum atomic E-state index is 5.38. The molecule has 2 fully saturated rings. The molecule has 2 atom stereocenters. The van der Waals surface area contributed by atoms with E-state index in [0.717, 1.165) is 18.0 Å². The van der Waals surface area contributed by atoms with Crippen molar-refractivity contribution in [3.8, 4) is 0 Å². The molecule has 0 aromatic heterocycles. The van der Waals surface area contributed by atoms with E-state index in [-0.39, 0.29) is 0 Å². The van der Waals surface area contributed by atoms with Gasteiger partial charge in [0.15, 0.2) is 0 Å². The molecule has 2 unspecified atom stereocenters. The van der Waals surface area contributed by atoms with Gasteiger partial charge in [0, 0.05) is 19.2 Å². The summed E-state index contributed by atoms with van der Waals surface area (Å²) in [6.45, 7) is 2.36. The quantitative estimate of drug-likeness (QED) is 0.750. The lowest BCUT2D eigenvalue weighted by Crippen LogP contribution is -2.49. The molecule has 0 aromatic rings. The lowest BCUT2D eigenvalue weighted by atomic mass is 9.80. The minimum absolute atomic E-state index is 0.534. The Bertz CT molecular complexity index is 175. The molecule has 2 rings (SSSR count). The number of nitrogens with one attached hydrogen (secondary N) is 1. The second-order valence-corrected chi connectivity index (χ2v) is 5.04. The van der Waals surface area contributed by atoms with E-state index in [1.165, 1.54) is 38.5 Å². The van der Waals surface area contributed by atoms with Gasteiger partial charge in [-0.3, -0.25) is 0 Å². The molecule has 0 amide bonds. The summed E-state index contributed by atoms with van der Waals surface area (Å²) in [4.78, 5) is 0. The first-order valence-corrected chi connectivity index (χ1v) is 6.08. The van der Waals surface area contributed by atoms with E-state index in [2.05, 4.69) is 12.2 Å². The minimum Gasteiger partial charge on any atom is -0.381 e. The fourth-order valence-electron chi connectivity index (χ4n) is 2.68. The third-order valence-electron chi connectivity index (χ3n) is 4.08. The highest BCUT2D eigenvalue weighted by Crippen LogP contribution is 2.29. The van der Waals surface area contributed by atoms with Crippen molar-refractivity contribution in [3.63, 3.8) is 0 Å². The highest BCUT2D eigenvalue weighted by Gasteiger charge is 2.30. The molecule has 2 aliphatic carbocycles. The first-order chi connectivity index (χ1) is 6.79. The van der Waals surface area contributed by atoms with Crippen molar-refractivity contribution in [2.75, 3.05) is 7.11 Å². The van der Waals surface area contributed by atoms with E-state index in [1.54, 1.807) is 0 Å². The molecule has 82 valence electrons. The molecule has 2 heteroatoms. The standard InChI is InChI=1S/C12H23NO/c1-9-3-8-12(9)13-10-4-6-11(14-2)7-5-10/h9-13H,3-8H2,1-2H3. The van der Waals surface area contributed by atoms with Gasteiger partial charge in [0.25, 0.3) is 0 Å². The topological polar surface area (TPSA) is 21.3 Å². The molecule has 0 heterocycles. The fourth-order valence-corrected chi connectivity index (χ4v) is 2.68. The van der Waals surface area contributed by atoms with Crippen LogP contribution in [0.1, 0.15) is 45.4 Å². The summed E-state index contributed by atoms with van der Waals surface area (Å²) >= 11 is 0. The monoisotopic (exact) mass is 197 g/mol. The molecule has 2 saturated carbocycles. The Morgan fingerprint density at radius 2 is 1.71 bits per heavy atom. The van der Waals surface area contributed by atoms with Gasteiger partial charge in [0.1, 0.15) is 0 Å². The Labute approximate surface area is 87.4 Å². The summed E-state index contributed by atoms with van der Waals surface area (Å²) in [5.74, 6) is 0.912. The van der Waals surface area contributed by atoms with Crippen LogP contribution in [0.25, 0.3) is 0 Å². The predicted octanol–water partition coefficient (Wildman–Crippen LogP) is 2.33. The van der Waals surface area contributed by atoms with Gasteiger partial charge in [-0.1, -0.05) is 6.92 Å². The summed E-state index contributed by atoms with van der Waals surface area (Å²) in [6, 6.07) is 1.59. The summed E-state index contributed by atoms with van der Waals surface area (Å²) in [5, 5.41) is 3.79. The van der Waals surface area contributed by atoms with Crippen LogP contribution in [-0.4, -0.2) is 25.3 Å². The van der Waals surface area contributed by atoms with Crippen LogP contribution in [0.4, 0.5) is 0 Å². The van der Waals surface area contributed by atoms with Crippen LogP contribution < -0.4 is 5.32 Å². The van der Waals surface area contributed by atoms with Gasteiger partial charge in [-0.2, -0.15) is 0 Å². The van der Waals surface area contributed by atoms with E-state index in [4.69, 9.17) is 4.74 Å². The molecule has 0 saturated heterocycles. The Morgan fingerprint density at radius 1 is 1.00 bits per heavy atom. The maximum Gasteiger partial charge on any atom is 0.0572 e. The number of hydrogen-bond acceptors (Lipinski definition) is 2. The lowest BCUT2D eigenvalue weighted by molar-refractivity contribution is 0.0568. The van der Waals surface area contributed by atoms with Gasteiger partial charge in [-0.05, 0) is 44.4 Å². The summed E-state index contributed by atoms with van der Waals surface area (Å²) in [7, 11) is 1.84. The molecule has 0 radical (unpaired) electrons. The molecule has 0 spiro atoms. The van der Waals surface area contributed by atoms with Gasteiger partial charge >= 0.3 is 0 Å². The molecule has 2 aliphatic rings. The average molecular weight is 197 g/mol. The largest absolute Gasteiger partial charge is 0.381 e. The number of ether oxygens (including phenoxy) is 1. The predicted molar refractivity (Wildman–Crippen MR) is 58.4 cm³/mol. The molecular formula is C12H23NO. The maximum absolute atomic E-state index is 5.38. The zero-order valence-corrected chi connectivity index (χ0v) is 9.46. The summed E-state index contributed by atoms with van der Waals surface area (Å²) < 4.78 is 5.38. The summed E-state index contributed by atoms with van der Waals surface area (Å²) in [6.07, 6.45) is 8.46. The number of methoxy groups -OCH3 is 1. The fraction of sp³-hybridized carbons (Fsp3) is 1.00. The lowest BCUT2D eigenvalue weighted by Gasteiger charge is -2.39. The van der Waals surface area contributed by atoms with Crippen molar-refractivity contribution in [1.82, 2.24) is 5.32 Å². The second kappa shape index (κ2) is 4.63. The third-order valence-corrected chi connectivity index (χ3v) is 4.08. The number of hydrogen-bond donors (Lipinski definition) is 1. The van der Waals surface area contributed by atoms with Crippen LogP contribution >= 0.6 is 0 Å². The molecule has 0 bridgehead atoms. The Kier molecular flexibility index (Phi) is 3.45. The molecule has 0 aromatic carbocycles. The highest BCUT2D eigenvalue weighted by atomic mass is 16.5. The van der Waals surface area contributed by atoms with Crippen LogP contribution in [0.15, 0.2) is 0 Å². The third kappa shape index (κ3) is 2.29. The van der Waals surface area contributed by atoms with E-state index < -0.39 is 0 Å². The molecule has 2 nitrogen and oxygen atoms in total. The smallest absolute Gasteiger partial charge is 0.0572 e. The number of rotatable bonds is 3. The summed E-state index contributed by atoms with van der Waals surface area (Å²) in [5.41, 5.74) is 0. The molecular weight excluding hydrogens is 174 g/mol. The zero-order chi connectivity index (χ0) is 9.97.